The molecule has 1 aliphatic rings. The summed E-state index contributed by atoms with van der Waals surface area (Å²) in [6, 6.07) is 10.4. The van der Waals surface area contributed by atoms with Crippen LogP contribution in [0, 0.1) is 0 Å². The molecule has 0 saturated heterocycles. The van der Waals surface area contributed by atoms with Gasteiger partial charge in [-0.15, -0.1) is 0 Å². The third-order valence-electron chi connectivity index (χ3n) is 3.33. The molecule has 1 aromatic carbocycles. The summed E-state index contributed by atoms with van der Waals surface area (Å²) >= 11 is 3.36. The normalized spacial score (nSPS) is 15.1. The largest absolute Gasteiger partial charge is 0.493 e. The molecule has 0 amide bonds. The van der Waals surface area contributed by atoms with Crippen molar-refractivity contribution in [3.8, 4) is 5.75 Å². The highest BCUT2D eigenvalue weighted by molar-refractivity contribution is 9.10. The molecule has 100 valence electrons. The Bertz CT molecular complexity index is 579. The molecular formula is C15H16BrNO2. The molecule has 0 radical (unpaired) electrons. The van der Waals surface area contributed by atoms with E-state index in [4.69, 9.17) is 9.15 Å². The average molecular weight is 322 g/mol. The summed E-state index contributed by atoms with van der Waals surface area (Å²) in [4.78, 5) is 0. The van der Waals surface area contributed by atoms with Crippen molar-refractivity contribution in [2.24, 2.45) is 0 Å². The van der Waals surface area contributed by atoms with Gasteiger partial charge in [-0.3, -0.25) is 0 Å². The Morgan fingerprint density at radius 1 is 1.32 bits per heavy atom. The van der Waals surface area contributed by atoms with E-state index in [1.807, 2.05) is 12.1 Å². The second kappa shape index (κ2) is 5.39. The van der Waals surface area contributed by atoms with Gasteiger partial charge in [0.15, 0.2) is 4.67 Å². The first-order valence-electron chi connectivity index (χ1n) is 6.52. The molecule has 2 heterocycles. The summed E-state index contributed by atoms with van der Waals surface area (Å²) in [5, 5.41) is 3.46. The standard InChI is InChI=1S/C15H16BrNO2/c1-2-17-15(13-5-6-14(16)19-13)11-3-4-12-10(9-11)7-8-18-12/h3-6,9,15,17H,2,7-8H2,1H3. The van der Waals surface area contributed by atoms with E-state index < -0.39 is 0 Å². The minimum atomic E-state index is 0.0854. The van der Waals surface area contributed by atoms with Crippen LogP contribution in [0.5, 0.6) is 5.75 Å². The van der Waals surface area contributed by atoms with E-state index in [1.54, 1.807) is 0 Å². The van der Waals surface area contributed by atoms with E-state index in [2.05, 4.69) is 46.4 Å². The monoisotopic (exact) mass is 321 g/mol. The number of halogens is 1. The maximum Gasteiger partial charge on any atom is 0.169 e. The number of furan rings is 1. The van der Waals surface area contributed by atoms with E-state index in [0.717, 1.165) is 35.8 Å². The van der Waals surface area contributed by atoms with Crippen molar-refractivity contribution in [1.82, 2.24) is 5.32 Å². The number of hydrogen-bond donors (Lipinski definition) is 1. The minimum Gasteiger partial charge on any atom is -0.493 e. The molecule has 0 fully saturated rings. The summed E-state index contributed by atoms with van der Waals surface area (Å²) in [6.45, 7) is 3.77. The zero-order valence-electron chi connectivity index (χ0n) is 10.8. The maximum atomic E-state index is 5.69. The van der Waals surface area contributed by atoms with Crippen LogP contribution in [0.4, 0.5) is 0 Å². The molecule has 4 heteroatoms. The fourth-order valence-electron chi connectivity index (χ4n) is 2.46. The summed E-state index contributed by atoms with van der Waals surface area (Å²) in [6.07, 6.45) is 0.990. The molecule has 19 heavy (non-hydrogen) atoms. The van der Waals surface area contributed by atoms with Crippen molar-refractivity contribution >= 4 is 15.9 Å². The molecule has 1 N–H and O–H groups in total. The molecule has 2 aromatic rings. The Morgan fingerprint density at radius 2 is 2.21 bits per heavy atom. The summed E-state index contributed by atoms with van der Waals surface area (Å²) in [5.74, 6) is 1.94. The van der Waals surface area contributed by atoms with Crippen molar-refractivity contribution in [1.29, 1.82) is 0 Å². The van der Waals surface area contributed by atoms with E-state index in [1.165, 1.54) is 11.1 Å². The molecule has 0 aliphatic carbocycles. The van der Waals surface area contributed by atoms with Gasteiger partial charge >= 0.3 is 0 Å². The third kappa shape index (κ3) is 2.55. The van der Waals surface area contributed by atoms with Crippen LogP contribution in [0.3, 0.4) is 0 Å². The van der Waals surface area contributed by atoms with Crippen molar-refractivity contribution in [3.05, 3.63) is 51.9 Å². The molecule has 1 atom stereocenters. The zero-order chi connectivity index (χ0) is 13.2. The Balaban J connectivity index is 1.95. The average Bonchev–Trinajstić information content (AvgIpc) is 3.03. The van der Waals surface area contributed by atoms with Crippen LogP contribution in [0.2, 0.25) is 0 Å². The minimum absolute atomic E-state index is 0.0854. The maximum absolute atomic E-state index is 5.69. The Hall–Kier alpha value is -1.26. The molecule has 1 aromatic heterocycles. The first-order valence-corrected chi connectivity index (χ1v) is 7.31. The highest BCUT2D eigenvalue weighted by Crippen LogP contribution is 2.31. The van der Waals surface area contributed by atoms with E-state index in [-0.39, 0.29) is 6.04 Å². The lowest BCUT2D eigenvalue weighted by molar-refractivity contribution is 0.356. The van der Waals surface area contributed by atoms with E-state index >= 15 is 0 Å². The van der Waals surface area contributed by atoms with Crippen LogP contribution >= 0.6 is 15.9 Å². The number of benzene rings is 1. The molecule has 3 rings (SSSR count). The molecular weight excluding hydrogens is 306 g/mol. The quantitative estimate of drug-likeness (QED) is 0.932. The summed E-state index contributed by atoms with van der Waals surface area (Å²) in [5.41, 5.74) is 2.50. The predicted molar refractivity (Wildman–Crippen MR) is 77.6 cm³/mol. The zero-order valence-corrected chi connectivity index (χ0v) is 12.4. The van der Waals surface area contributed by atoms with Gasteiger partial charge in [-0.05, 0) is 57.9 Å². The van der Waals surface area contributed by atoms with Crippen molar-refractivity contribution in [2.45, 2.75) is 19.4 Å². The van der Waals surface area contributed by atoms with Crippen molar-refractivity contribution in [2.75, 3.05) is 13.2 Å². The van der Waals surface area contributed by atoms with Crippen LogP contribution in [0.1, 0.15) is 29.9 Å². The molecule has 3 nitrogen and oxygen atoms in total. The van der Waals surface area contributed by atoms with E-state index in [9.17, 15) is 0 Å². The van der Waals surface area contributed by atoms with Gasteiger partial charge in [-0.1, -0.05) is 13.0 Å². The van der Waals surface area contributed by atoms with Crippen LogP contribution in [-0.4, -0.2) is 13.2 Å². The van der Waals surface area contributed by atoms with Crippen molar-refractivity contribution < 1.29 is 9.15 Å². The lowest BCUT2D eigenvalue weighted by Gasteiger charge is -2.16. The van der Waals surface area contributed by atoms with Crippen molar-refractivity contribution in [3.63, 3.8) is 0 Å². The molecule has 1 unspecified atom stereocenters. The fourth-order valence-corrected chi connectivity index (χ4v) is 2.78. The smallest absolute Gasteiger partial charge is 0.169 e. The van der Waals surface area contributed by atoms with Crippen LogP contribution in [-0.2, 0) is 6.42 Å². The number of hydrogen-bond acceptors (Lipinski definition) is 3. The van der Waals surface area contributed by atoms with Gasteiger partial charge in [-0.2, -0.15) is 0 Å². The SMILES string of the molecule is CCNC(c1ccc2c(c1)CCO2)c1ccc(Br)o1. The first-order chi connectivity index (χ1) is 9.28. The van der Waals surface area contributed by atoms with Gasteiger partial charge < -0.3 is 14.5 Å². The number of fused-ring (bicyclic) bond motifs is 1. The summed E-state index contributed by atoms with van der Waals surface area (Å²) in [7, 11) is 0. The fraction of sp³-hybridized carbons (Fsp3) is 0.333. The summed E-state index contributed by atoms with van der Waals surface area (Å²) < 4.78 is 12.0. The van der Waals surface area contributed by atoms with Gasteiger partial charge in [0.25, 0.3) is 0 Å². The second-order valence-corrected chi connectivity index (χ2v) is 5.38. The van der Waals surface area contributed by atoms with Gasteiger partial charge in [0.1, 0.15) is 11.5 Å². The highest BCUT2D eigenvalue weighted by Gasteiger charge is 2.20. The lowest BCUT2D eigenvalue weighted by Crippen LogP contribution is -2.21. The molecule has 1 aliphatic heterocycles. The molecule has 0 bridgehead atoms. The van der Waals surface area contributed by atoms with Crippen LogP contribution in [0.15, 0.2) is 39.4 Å². The van der Waals surface area contributed by atoms with Gasteiger partial charge in [0, 0.05) is 6.42 Å². The Labute approximate surface area is 121 Å². The Kier molecular flexibility index (Phi) is 3.62. The molecule has 0 spiro atoms. The van der Waals surface area contributed by atoms with Gasteiger partial charge in [0.2, 0.25) is 0 Å². The van der Waals surface area contributed by atoms with Gasteiger partial charge in [0.05, 0.1) is 12.6 Å². The lowest BCUT2D eigenvalue weighted by atomic mass is 10.0. The second-order valence-electron chi connectivity index (χ2n) is 4.60. The predicted octanol–water partition coefficient (Wildman–Crippen LogP) is 3.68. The number of nitrogens with one attached hydrogen (secondary N) is 1. The molecule has 0 saturated carbocycles. The highest BCUT2D eigenvalue weighted by atomic mass is 79.9. The van der Waals surface area contributed by atoms with Gasteiger partial charge in [-0.25, -0.2) is 0 Å². The first kappa shape index (κ1) is 12.8. The van der Waals surface area contributed by atoms with Crippen LogP contribution < -0.4 is 10.1 Å². The van der Waals surface area contributed by atoms with Crippen LogP contribution in [0.25, 0.3) is 0 Å². The Morgan fingerprint density at radius 3 is 2.95 bits per heavy atom. The number of ether oxygens (including phenoxy) is 1. The number of rotatable bonds is 4. The van der Waals surface area contributed by atoms with E-state index in [0.29, 0.717) is 0 Å². The topological polar surface area (TPSA) is 34.4 Å². The third-order valence-corrected chi connectivity index (χ3v) is 3.76.